The molecule has 0 aromatic carbocycles. The lowest BCUT2D eigenvalue weighted by atomic mass is 9.93. The second kappa shape index (κ2) is 49.1. The average molecular weight is 2000 g/mol. The Hall–Kier alpha value is -4.28. The van der Waals surface area contributed by atoms with Gasteiger partial charge in [0.05, 0.1) is 85.1 Å². The Balaban J connectivity index is 0.966. The van der Waals surface area contributed by atoms with Crippen molar-refractivity contribution in [3.63, 3.8) is 0 Å². The summed E-state index contributed by atoms with van der Waals surface area (Å²) < 4.78 is 124. The van der Waals surface area contributed by atoms with E-state index in [0.29, 0.717) is 0 Å². The van der Waals surface area contributed by atoms with Crippen LogP contribution in [0.25, 0.3) is 0 Å². The largest absolute Gasteiger partial charge is 0.480 e. The number of carbonyl (C=O) groups excluding carboxylic acids is 3. The van der Waals surface area contributed by atoms with Gasteiger partial charge < -0.3 is 284 Å². The first-order valence-electron chi connectivity index (χ1n) is 43.0. The number of rotatable bonds is 38. The number of hydrogen-bond acceptors (Lipinski definition) is 58. The Morgan fingerprint density at radius 1 is 0.257 bits per heavy atom. The van der Waals surface area contributed by atoms with Gasteiger partial charge in [0.15, 0.2) is 62.9 Å². The normalized spacial score (nSPS) is 49.5. The van der Waals surface area contributed by atoms with E-state index in [-0.39, 0.29) is 0 Å². The number of ether oxygens (including phenoxy) is 21. The van der Waals surface area contributed by atoms with E-state index in [1.54, 1.807) is 0 Å². The highest BCUT2D eigenvalue weighted by Gasteiger charge is 2.63. The summed E-state index contributed by atoms with van der Waals surface area (Å²) in [5.74, 6) is -4.82. The lowest BCUT2D eigenvalue weighted by molar-refractivity contribution is -0.408. The number of carboxylic acids is 1. The number of hydrogen-bond donors (Lipinski definition) is 37. The molecule has 11 rings (SSSR count). The number of carboxylic acid groups (broad SMARTS) is 1. The van der Waals surface area contributed by atoms with Crippen molar-refractivity contribution >= 4 is 23.7 Å². The molecule has 788 valence electrons. The Bertz CT molecular complexity index is 3710. The monoisotopic (exact) mass is 2000 g/mol. The number of nitrogens with one attached hydrogen (secondary N) is 3. The molecule has 0 unspecified atom stereocenters. The molecule has 56 atom stereocenters. The summed E-state index contributed by atoms with van der Waals surface area (Å²) >= 11 is 0. The predicted octanol–water partition coefficient (Wildman–Crippen LogP) is -25.8. The van der Waals surface area contributed by atoms with Gasteiger partial charge >= 0.3 is 5.97 Å². The average Bonchev–Trinajstić information content (AvgIpc) is 0.763. The SMILES string of the molecule is CC(=O)N[C@@H]1[C@@H](O)[C@H](O[C@@H]2O[C@H](CO)[C@@H](O[C@@H]3O[C@H](CO[C@H]4O[C@H](CO[C@H]5O[C@H](CO)[C@@H](O)[C@H](O)[C@@H]5O[C@H]5O[C@H](CO)[C@@H](O)[C@H](O)[C@@H]5O)[C@@H](O)[C@H](O[C@H]5O[C@H](CO)[C@@H](O)[C@H](O)[C@@H]5O[C@H]5O[C@H](CO)[C@@H](O)[C@H](O)[C@@H]5O)[C@@H]4O)[C@@H](O)[C@H](O[C@H]4O[C@H](CO)[C@@H](O)[C@H](O)[C@@H]4O[C@H]4O[C@H](CO)[C@@H](O)[C@H](O)[C@@H]4O[C@H]4O[C@H](CO)[C@@H](O)[C@H](O)[C@@H]4O)[C@@H]3O)[C@H](O)[C@H]2NC(C)=O)[C@@H](CO)O[C@H]1N[C@@H](CC(N)=O)C(=O)O. The molecular weight excluding hydrogens is 1870 g/mol. The first-order chi connectivity index (χ1) is 64.3. The van der Waals surface area contributed by atoms with Crippen LogP contribution in [0.4, 0.5) is 0 Å². The van der Waals surface area contributed by atoms with E-state index < -0.39 is 446 Å². The molecule has 0 saturated carbocycles. The van der Waals surface area contributed by atoms with Crippen LogP contribution in [0.15, 0.2) is 0 Å². The first kappa shape index (κ1) is 112. The number of amides is 3. The molecule has 11 heterocycles. The van der Waals surface area contributed by atoms with E-state index in [9.17, 15) is 188 Å². The quantitative estimate of drug-likeness (QED) is 0.0273. The van der Waals surface area contributed by atoms with E-state index in [1.165, 1.54) is 0 Å². The van der Waals surface area contributed by atoms with Crippen LogP contribution in [0, 0.1) is 0 Å². The van der Waals surface area contributed by atoms with Crippen molar-refractivity contribution < 1.29 is 287 Å². The number of aliphatic hydroxyl groups is 32. The molecule has 11 saturated heterocycles. The zero-order valence-electron chi connectivity index (χ0n) is 71.9. The highest BCUT2D eigenvalue weighted by Crippen LogP contribution is 2.42. The molecule has 0 radical (unpaired) electrons. The predicted molar refractivity (Wildman–Crippen MR) is 412 cm³/mol. The molecule has 136 heavy (non-hydrogen) atoms. The lowest BCUT2D eigenvalue weighted by Crippen LogP contribution is -2.72. The summed E-state index contributed by atoms with van der Waals surface area (Å²) in [7, 11) is 0. The Morgan fingerprint density at radius 2 is 0.507 bits per heavy atom. The fourth-order valence-corrected chi connectivity index (χ4v) is 17.2. The molecular formula is C74H124N4O58. The van der Waals surface area contributed by atoms with Gasteiger partial charge in [-0.25, -0.2) is 0 Å². The van der Waals surface area contributed by atoms with Crippen LogP contribution in [-0.4, -0.2) is 609 Å². The summed E-state index contributed by atoms with van der Waals surface area (Å²) in [5, 5.41) is 376. The first-order valence-corrected chi connectivity index (χ1v) is 43.0. The summed E-state index contributed by atoms with van der Waals surface area (Å²) in [6.07, 6.45) is -120. The molecule has 3 amide bonds. The fraction of sp³-hybridized carbons (Fsp3) is 0.946. The van der Waals surface area contributed by atoms with Gasteiger partial charge in [0.1, 0.15) is 275 Å². The Kier molecular flexibility index (Phi) is 40.4. The zero-order valence-corrected chi connectivity index (χ0v) is 71.9. The molecule has 0 bridgehead atoms. The summed E-state index contributed by atoms with van der Waals surface area (Å²) in [6, 6.07) is -5.78. The van der Waals surface area contributed by atoms with Gasteiger partial charge in [-0.2, -0.15) is 0 Å². The van der Waals surface area contributed by atoms with Gasteiger partial charge in [-0.15, -0.1) is 0 Å². The third kappa shape index (κ3) is 24.6. The highest BCUT2D eigenvalue weighted by atomic mass is 16.8. The molecule has 11 aliphatic rings. The van der Waals surface area contributed by atoms with E-state index >= 15 is 0 Å². The smallest absolute Gasteiger partial charge is 0.321 e. The topological polar surface area (TPSA) is 992 Å². The van der Waals surface area contributed by atoms with Crippen molar-refractivity contribution in [2.24, 2.45) is 5.73 Å². The van der Waals surface area contributed by atoms with Gasteiger partial charge in [0, 0.05) is 13.8 Å². The maximum Gasteiger partial charge on any atom is 0.321 e. The second-order valence-electron chi connectivity index (χ2n) is 34.1. The second-order valence-corrected chi connectivity index (χ2v) is 34.1. The molecule has 11 fully saturated rings. The molecule has 0 spiro atoms. The summed E-state index contributed by atoms with van der Waals surface area (Å²) in [4.78, 5) is 50.3. The van der Waals surface area contributed by atoms with Crippen LogP contribution < -0.4 is 21.7 Å². The number of aliphatic carboxylic acids is 1. The molecule has 0 aromatic heterocycles. The Morgan fingerprint density at radius 3 is 0.853 bits per heavy atom. The van der Waals surface area contributed by atoms with Gasteiger partial charge in [-0.05, 0) is 0 Å². The van der Waals surface area contributed by atoms with Crippen LogP contribution in [0.3, 0.4) is 0 Å². The van der Waals surface area contributed by atoms with Crippen molar-refractivity contribution in [1.82, 2.24) is 16.0 Å². The summed E-state index contributed by atoms with van der Waals surface area (Å²) in [6.45, 7) is -11.4. The van der Waals surface area contributed by atoms with Crippen molar-refractivity contribution in [2.45, 2.75) is 364 Å². The van der Waals surface area contributed by atoms with E-state index in [1.807, 2.05) is 0 Å². The van der Waals surface area contributed by atoms with E-state index in [4.69, 9.17) is 105 Å². The minimum Gasteiger partial charge on any atom is -0.480 e. The third-order valence-electron chi connectivity index (χ3n) is 24.9. The fourth-order valence-electron chi connectivity index (χ4n) is 17.2. The van der Waals surface area contributed by atoms with Gasteiger partial charge in [0.2, 0.25) is 17.7 Å². The van der Waals surface area contributed by atoms with Crippen molar-refractivity contribution in [1.29, 1.82) is 0 Å². The lowest BCUT2D eigenvalue weighted by Gasteiger charge is -2.51. The zero-order chi connectivity index (χ0) is 100. The standard InChI is InChI=1S/C74H124N4O58/c1-15(88)76-30-41(100)55(25(11-86)118-63(30)78-17(64(114)115)3-29(75)90)129-65-31(77-16(2)89)42(101)56(26(12-87)126-65)130-70-54(113)58(132-73-62(49(108)38(97)23(9-84)124-73)136-74-61(48(107)37(96)24(10-85)125-74)135-69-52(111)45(104)34(93)20(6-81)121-69)40(99)28(128-70)13-116-66-53(112)57(131-72-60(47(106)36(95)22(8-83)123-72)134-68-51(110)44(103)33(92)19(5-80)120-68)39(98)27(127-66)14-117-71-59(46(105)35(94)21(7-82)122-71)133-67-50(109)43(102)32(91)18(4-79)119-67/h17-28,30-63,65-74,78-87,91-113H,3-14H2,1-2H3,(H2,75,90)(H,76,88)(H,77,89)(H,114,115)/t17-,18+,19+,20+,21+,22+,23+,24+,25+,26+,27+,28+,30+,31+,32+,33+,34+,35+,36+,37+,38+,39+,40+,41+,42+,43-,44-,45-,46-,47-,48-,49-,50-,51-,52-,53-,54-,55+,56+,57-,58-,59-,60-,61-,62-,63+,65-,66-,67+,68+,69+,70-,71-,72+,73+,74+/m0/s1. The maximum atomic E-state index is 13.3. The van der Waals surface area contributed by atoms with Crippen LogP contribution in [0.2, 0.25) is 0 Å². The van der Waals surface area contributed by atoms with Crippen molar-refractivity contribution in [2.75, 3.05) is 72.7 Å². The van der Waals surface area contributed by atoms with E-state index in [0.717, 1.165) is 13.8 Å². The highest BCUT2D eigenvalue weighted by molar-refractivity contribution is 5.83. The minimum absolute atomic E-state index is 0.869. The molecule has 0 aromatic rings. The van der Waals surface area contributed by atoms with E-state index in [2.05, 4.69) is 16.0 Å². The number of carbonyl (C=O) groups is 4. The van der Waals surface area contributed by atoms with Gasteiger partial charge in [0.25, 0.3) is 0 Å². The number of nitrogens with two attached hydrogens (primary N) is 1. The van der Waals surface area contributed by atoms with Crippen LogP contribution >= 0.6 is 0 Å². The Labute approximate surface area is 767 Å². The van der Waals surface area contributed by atoms with Crippen molar-refractivity contribution in [3.8, 4) is 0 Å². The molecule has 62 heteroatoms. The molecule has 0 aliphatic carbocycles. The number of primary amides is 1. The molecule has 11 aliphatic heterocycles. The van der Waals surface area contributed by atoms with Crippen LogP contribution in [0.5, 0.6) is 0 Å². The number of aliphatic hydroxyl groups excluding tert-OH is 32. The minimum atomic E-state index is -2.75. The summed E-state index contributed by atoms with van der Waals surface area (Å²) in [5.41, 5.74) is 5.28. The third-order valence-corrected chi connectivity index (χ3v) is 24.9. The molecule has 38 N–H and O–H groups in total. The maximum absolute atomic E-state index is 13.3. The van der Waals surface area contributed by atoms with Crippen LogP contribution in [0.1, 0.15) is 20.3 Å². The van der Waals surface area contributed by atoms with Crippen molar-refractivity contribution in [3.05, 3.63) is 0 Å². The van der Waals surface area contributed by atoms with Gasteiger partial charge in [-0.3, -0.25) is 24.5 Å². The van der Waals surface area contributed by atoms with Gasteiger partial charge in [-0.1, -0.05) is 0 Å². The molecule has 62 nitrogen and oxygen atoms in total. The van der Waals surface area contributed by atoms with Crippen LogP contribution in [-0.2, 0) is 119 Å².